The Morgan fingerprint density at radius 2 is 1.88 bits per heavy atom. The number of thioether (sulfide) groups is 1. The zero-order valence-electron chi connectivity index (χ0n) is 15.6. The van der Waals surface area contributed by atoms with Crippen molar-refractivity contribution < 1.29 is 9.47 Å². The van der Waals surface area contributed by atoms with Gasteiger partial charge in [0, 0.05) is 44.2 Å². The minimum Gasteiger partial charge on any atom is -0.497 e. The summed E-state index contributed by atoms with van der Waals surface area (Å²) in [6.07, 6.45) is 6.52. The molecule has 140 valence electrons. The van der Waals surface area contributed by atoms with E-state index in [4.69, 9.17) is 9.47 Å². The van der Waals surface area contributed by atoms with Gasteiger partial charge in [-0.1, -0.05) is 30.8 Å². The fourth-order valence-electron chi connectivity index (χ4n) is 3.14. The molecule has 1 aliphatic rings. The molecular weight excluding hydrogens is 346 g/mol. The van der Waals surface area contributed by atoms with Crippen molar-refractivity contribution in [3.63, 3.8) is 0 Å². The summed E-state index contributed by atoms with van der Waals surface area (Å²) in [5.74, 6) is 1.87. The highest BCUT2D eigenvalue weighted by molar-refractivity contribution is 7.99. The van der Waals surface area contributed by atoms with Gasteiger partial charge >= 0.3 is 0 Å². The molecule has 2 aromatic rings. The largest absolute Gasteiger partial charge is 0.497 e. The van der Waals surface area contributed by atoms with E-state index in [1.54, 1.807) is 18.9 Å². The molecule has 0 saturated carbocycles. The van der Waals surface area contributed by atoms with Crippen molar-refractivity contribution >= 4 is 11.8 Å². The lowest BCUT2D eigenvalue weighted by Crippen LogP contribution is -2.31. The summed E-state index contributed by atoms with van der Waals surface area (Å²) in [6.45, 7) is 5.61. The van der Waals surface area contributed by atoms with Crippen molar-refractivity contribution in [2.24, 2.45) is 0 Å². The SMILES string of the molecule is CCSc1ncc(CN(Cc2ccc(OC)cc2)CC2CCCO2)cn1. The molecule has 0 amide bonds. The second kappa shape index (κ2) is 9.90. The van der Waals surface area contributed by atoms with E-state index >= 15 is 0 Å². The number of aromatic nitrogens is 2. The van der Waals surface area contributed by atoms with Gasteiger partial charge in [0.15, 0.2) is 5.16 Å². The summed E-state index contributed by atoms with van der Waals surface area (Å²) in [5.41, 5.74) is 2.40. The average molecular weight is 374 g/mol. The van der Waals surface area contributed by atoms with Gasteiger partial charge < -0.3 is 9.47 Å². The molecule has 1 aliphatic heterocycles. The molecule has 1 aromatic heterocycles. The maximum Gasteiger partial charge on any atom is 0.187 e. The molecule has 0 radical (unpaired) electrons. The first-order chi connectivity index (χ1) is 12.8. The monoisotopic (exact) mass is 373 g/mol. The van der Waals surface area contributed by atoms with Crippen molar-refractivity contribution in [1.29, 1.82) is 0 Å². The molecule has 26 heavy (non-hydrogen) atoms. The summed E-state index contributed by atoms with van der Waals surface area (Å²) in [4.78, 5) is 11.3. The average Bonchev–Trinajstić information content (AvgIpc) is 3.17. The molecule has 1 saturated heterocycles. The molecule has 1 unspecified atom stereocenters. The van der Waals surface area contributed by atoms with Gasteiger partial charge in [-0.2, -0.15) is 0 Å². The molecule has 1 fully saturated rings. The van der Waals surface area contributed by atoms with E-state index < -0.39 is 0 Å². The van der Waals surface area contributed by atoms with Crippen molar-refractivity contribution in [3.8, 4) is 5.75 Å². The second-order valence-corrected chi connectivity index (χ2v) is 7.69. The first-order valence-corrected chi connectivity index (χ1v) is 10.2. The van der Waals surface area contributed by atoms with Gasteiger partial charge in [0.1, 0.15) is 5.75 Å². The maximum absolute atomic E-state index is 5.85. The predicted octanol–water partition coefficient (Wildman–Crippen LogP) is 3.78. The van der Waals surface area contributed by atoms with Gasteiger partial charge in [0.2, 0.25) is 0 Å². The molecule has 1 aromatic carbocycles. The Balaban J connectivity index is 1.67. The first-order valence-electron chi connectivity index (χ1n) is 9.17. The van der Waals surface area contributed by atoms with E-state index in [-0.39, 0.29) is 0 Å². The van der Waals surface area contributed by atoms with Crippen molar-refractivity contribution in [1.82, 2.24) is 14.9 Å². The Kier molecular flexibility index (Phi) is 7.29. The Hall–Kier alpha value is -1.63. The van der Waals surface area contributed by atoms with Gasteiger partial charge in [0.05, 0.1) is 13.2 Å². The summed E-state index contributed by atoms with van der Waals surface area (Å²) >= 11 is 1.67. The minimum atomic E-state index is 0.323. The van der Waals surface area contributed by atoms with Gasteiger partial charge in [0.25, 0.3) is 0 Å². The third kappa shape index (κ3) is 5.69. The van der Waals surface area contributed by atoms with Crippen LogP contribution in [0.2, 0.25) is 0 Å². The number of hydrogen-bond donors (Lipinski definition) is 0. The second-order valence-electron chi connectivity index (χ2n) is 6.46. The third-order valence-electron chi connectivity index (χ3n) is 4.41. The Morgan fingerprint density at radius 1 is 1.15 bits per heavy atom. The molecule has 2 heterocycles. The molecule has 6 heteroatoms. The van der Waals surface area contributed by atoms with Gasteiger partial charge in [-0.05, 0) is 36.3 Å². The zero-order valence-corrected chi connectivity index (χ0v) is 16.4. The number of nitrogens with zero attached hydrogens (tertiary/aromatic N) is 3. The van der Waals surface area contributed by atoms with Crippen LogP contribution in [0.1, 0.15) is 30.9 Å². The molecule has 0 spiro atoms. The lowest BCUT2D eigenvalue weighted by molar-refractivity contribution is 0.0678. The first kappa shape index (κ1) is 19.1. The molecule has 3 rings (SSSR count). The van der Waals surface area contributed by atoms with Crippen molar-refractivity contribution in [3.05, 3.63) is 47.8 Å². The maximum atomic E-state index is 5.85. The van der Waals surface area contributed by atoms with Crippen LogP contribution in [0, 0.1) is 0 Å². The van der Waals surface area contributed by atoms with Crippen LogP contribution in [0.5, 0.6) is 5.75 Å². The number of ether oxygens (including phenoxy) is 2. The summed E-state index contributed by atoms with van der Waals surface area (Å²) < 4.78 is 11.1. The van der Waals surface area contributed by atoms with E-state index in [1.807, 2.05) is 24.5 Å². The number of methoxy groups -OCH3 is 1. The minimum absolute atomic E-state index is 0.323. The lowest BCUT2D eigenvalue weighted by atomic mass is 10.1. The van der Waals surface area contributed by atoms with Crippen molar-refractivity contribution in [2.75, 3.05) is 26.0 Å². The smallest absolute Gasteiger partial charge is 0.187 e. The van der Waals surface area contributed by atoms with E-state index in [0.717, 1.165) is 61.3 Å². The van der Waals surface area contributed by atoms with Gasteiger partial charge in [-0.3, -0.25) is 4.90 Å². The number of rotatable bonds is 9. The highest BCUT2D eigenvalue weighted by Crippen LogP contribution is 2.19. The molecule has 0 aliphatic carbocycles. The van der Waals surface area contributed by atoms with Crippen LogP contribution in [0.4, 0.5) is 0 Å². The molecule has 0 bridgehead atoms. The quantitative estimate of drug-likeness (QED) is 0.492. The van der Waals surface area contributed by atoms with Gasteiger partial charge in [-0.25, -0.2) is 9.97 Å². The summed E-state index contributed by atoms with van der Waals surface area (Å²) in [7, 11) is 1.69. The van der Waals surface area contributed by atoms with Crippen LogP contribution in [-0.2, 0) is 17.8 Å². The number of hydrogen-bond acceptors (Lipinski definition) is 6. The Bertz CT molecular complexity index is 658. The normalized spacial score (nSPS) is 17.0. The van der Waals surface area contributed by atoms with Crippen LogP contribution in [-0.4, -0.2) is 47.0 Å². The van der Waals surface area contributed by atoms with E-state index in [0.29, 0.717) is 6.10 Å². The molecule has 5 nitrogen and oxygen atoms in total. The van der Waals surface area contributed by atoms with Gasteiger partial charge in [-0.15, -0.1) is 0 Å². The topological polar surface area (TPSA) is 47.5 Å². The van der Waals surface area contributed by atoms with E-state index in [9.17, 15) is 0 Å². The third-order valence-corrected chi connectivity index (χ3v) is 5.17. The van der Waals surface area contributed by atoms with Crippen LogP contribution >= 0.6 is 11.8 Å². The van der Waals surface area contributed by atoms with Crippen molar-refractivity contribution in [2.45, 2.75) is 44.1 Å². The highest BCUT2D eigenvalue weighted by Gasteiger charge is 2.20. The van der Waals surface area contributed by atoms with Crippen LogP contribution in [0.25, 0.3) is 0 Å². The van der Waals surface area contributed by atoms with Crippen LogP contribution in [0.3, 0.4) is 0 Å². The predicted molar refractivity (Wildman–Crippen MR) is 105 cm³/mol. The zero-order chi connectivity index (χ0) is 18.2. The fraction of sp³-hybridized carbons (Fsp3) is 0.500. The summed E-state index contributed by atoms with van der Waals surface area (Å²) in [5, 5.41) is 0.845. The fourth-order valence-corrected chi connectivity index (χ4v) is 3.65. The van der Waals surface area contributed by atoms with Crippen LogP contribution in [0.15, 0.2) is 41.8 Å². The molecule has 1 atom stereocenters. The Morgan fingerprint density at radius 3 is 2.50 bits per heavy atom. The van der Waals surface area contributed by atoms with Crippen LogP contribution < -0.4 is 4.74 Å². The Labute approximate surface area is 160 Å². The molecule has 0 N–H and O–H groups in total. The molecular formula is C20H27N3O2S. The standard InChI is InChI=1S/C20H27N3O2S/c1-3-26-20-21-11-17(12-22-20)14-23(15-19-5-4-10-25-19)13-16-6-8-18(24-2)9-7-16/h6-9,11-12,19H,3-5,10,13-15H2,1-2H3. The lowest BCUT2D eigenvalue weighted by Gasteiger charge is -2.25. The van der Waals surface area contributed by atoms with E-state index in [2.05, 4.69) is 33.9 Å². The van der Waals surface area contributed by atoms with E-state index in [1.165, 1.54) is 5.56 Å². The number of benzene rings is 1. The summed E-state index contributed by atoms with van der Waals surface area (Å²) in [6, 6.07) is 8.27. The highest BCUT2D eigenvalue weighted by atomic mass is 32.2.